The predicted molar refractivity (Wildman–Crippen MR) is 180 cm³/mol. The summed E-state index contributed by atoms with van der Waals surface area (Å²) in [4.78, 5) is 12.3. The smallest absolute Gasteiger partial charge is 0.335 e. The highest BCUT2D eigenvalue weighted by atomic mass is 16.5. The number of unbranched alkanes of at least 4 members (excludes halogenated alkanes) is 25. The number of ether oxygens (including phenoxy) is 1. The number of esters is 1. The zero-order valence-electron chi connectivity index (χ0n) is 27.0. The van der Waals surface area contributed by atoms with Gasteiger partial charge in [-0.05, 0) is 24.1 Å². The molecule has 0 saturated carbocycles. The summed E-state index contributed by atoms with van der Waals surface area (Å²) in [6.45, 7) is 3.39. The first-order valence-corrected chi connectivity index (χ1v) is 18.0. The third-order valence-electron chi connectivity index (χ3n) is 8.75. The van der Waals surface area contributed by atoms with Crippen LogP contribution in [0.1, 0.15) is 179 Å². The van der Waals surface area contributed by atoms with Gasteiger partial charge in [0.25, 0.3) is 0 Å². The summed E-state index contributed by atoms with van der Waals surface area (Å²) in [5.74, 6) is -0.174. The first kappa shape index (κ1) is 35.4. The number of carbonyl (C=O) groups excluding carboxylic acids is 1. The maximum atomic E-state index is 12.3. The van der Waals surface area contributed by atoms with Crippen LogP contribution in [0.15, 0.2) is 29.8 Å². The van der Waals surface area contributed by atoms with Crippen molar-refractivity contribution in [2.24, 2.45) is 0 Å². The molecule has 0 radical (unpaired) electrons. The molecule has 0 saturated heterocycles. The summed E-state index contributed by atoms with van der Waals surface area (Å²) < 4.78 is 5.50. The first-order chi connectivity index (χ1) is 20.3. The fourth-order valence-electron chi connectivity index (χ4n) is 6.02. The topological polar surface area (TPSA) is 38.3 Å². The lowest BCUT2D eigenvalue weighted by Crippen LogP contribution is -2.19. The fraction of sp³-hybridized carbons (Fsp3) is 0.763. The molecule has 1 aliphatic rings. The summed E-state index contributed by atoms with van der Waals surface area (Å²) in [5.41, 5.74) is 2.86. The summed E-state index contributed by atoms with van der Waals surface area (Å²) in [7, 11) is 0. The highest BCUT2D eigenvalue weighted by molar-refractivity contribution is 5.97. The van der Waals surface area contributed by atoms with Gasteiger partial charge in [0, 0.05) is 12.2 Å². The molecule has 0 aliphatic carbocycles. The third kappa shape index (κ3) is 19.1. The van der Waals surface area contributed by atoms with Crippen LogP contribution >= 0.6 is 0 Å². The minimum absolute atomic E-state index is 0.174. The first-order valence-electron chi connectivity index (χ1n) is 18.0. The predicted octanol–water partition coefficient (Wildman–Crippen LogP) is 12.2. The number of hydrogen-bond donors (Lipinski definition) is 1. The van der Waals surface area contributed by atoms with Gasteiger partial charge in [0.05, 0.1) is 12.2 Å². The molecule has 41 heavy (non-hydrogen) atoms. The van der Waals surface area contributed by atoms with E-state index in [-0.39, 0.29) is 5.97 Å². The Morgan fingerprint density at radius 1 is 0.585 bits per heavy atom. The van der Waals surface area contributed by atoms with Gasteiger partial charge in [-0.3, -0.25) is 0 Å². The van der Waals surface area contributed by atoms with Gasteiger partial charge in [-0.2, -0.15) is 0 Å². The molecule has 0 atom stereocenters. The lowest BCUT2D eigenvalue weighted by molar-refractivity contribution is -0.139. The molecule has 1 aromatic rings. The Morgan fingerprint density at radius 3 is 1.41 bits per heavy atom. The largest absolute Gasteiger partial charge is 0.462 e. The number of fused-ring (bicyclic) bond motifs is 1. The second-order valence-electron chi connectivity index (χ2n) is 12.6. The SMILES string of the molecule is CCCCCCCCCCCCCCCCCCCCCCCCCCCCOC(=O)C1=Cc2ccccc2NC1. The van der Waals surface area contributed by atoms with Gasteiger partial charge in [0.2, 0.25) is 0 Å². The minimum Gasteiger partial charge on any atom is -0.462 e. The molecule has 0 unspecified atom stereocenters. The Morgan fingerprint density at radius 2 is 0.976 bits per heavy atom. The van der Waals surface area contributed by atoms with Crippen LogP contribution in [0.25, 0.3) is 6.08 Å². The number of anilines is 1. The van der Waals surface area contributed by atoms with Crippen LogP contribution in [0.3, 0.4) is 0 Å². The standard InChI is InChI=1S/C38H65NO2/c1-2-3-4-5-6-7-8-9-10-11-12-13-14-15-16-17-18-19-20-21-22-23-24-25-26-29-32-41-38(40)36-33-35-30-27-28-31-37(35)39-34-36/h27-28,30-31,33,39H,2-26,29,32,34H2,1H3. The van der Waals surface area contributed by atoms with Crippen molar-refractivity contribution in [1.82, 2.24) is 0 Å². The molecular formula is C38H65NO2. The van der Waals surface area contributed by atoms with E-state index in [4.69, 9.17) is 4.74 Å². The van der Waals surface area contributed by atoms with Crippen molar-refractivity contribution in [1.29, 1.82) is 0 Å². The summed E-state index contributed by atoms with van der Waals surface area (Å²) in [6.07, 6.45) is 38.4. The van der Waals surface area contributed by atoms with E-state index in [9.17, 15) is 4.79 Å². The van der Waals surface area contributed by atoms with Crippen molar-refractivity contribution in [2.45, 2.75) is 174 Å². The van der Waals surface area contributed by atoms with Gasteiger partial charge in [-0.15, -0.1) is 0 Å². The van der Waals surface area contributed by atoms with Gasteiger partial charge in [0.1, 0.15) is 0 Å². The molecule has 0 spiro atoms. The monoisotopic (exact) mass is 568 g/mol. The Balaban J connectivity index is 1.22. The lowest BCUT2D eigenvalue weighted by atomic mass is 10.0. The zero-order chi connectivity index (χ0) is 29.1. The van der Waals surface area contributed by atoms with Crippen molar-refractivity contribution in [3.8, 4) is 0 Å². The Labute approximate surface area is 254 Å². The van der Waals surface area contributed by atoms with Crippen molar-refractivity contribution < 1.29 is 9.53 Å². The Hall–Kier alpha value is -1.77. The Bertz CT molecular complexity index is 786. The van der Waals surface area contributed by atoms with E-state index in [1.54, 1.807) is 0 Å². The van der Waals surface area contributed by atoms with Gasteiger partial charge < -0.3 is 10.1 Å². The van der Waals surface area contributed by atoms with Crippen LogP contribution in [0.2, 0.25) is 0 Å². The molecule has 1 aliphatic heterocycles. The quantitative estimate of drug-likeness (QED) is 0.0808. The van der Waals surface area contributed by atoms with Gasteiger partial charge in [0.15, 0.2) is 0 Å². The molecule has 2 rings (SSSR count). The average molecular weight is 568 g/mol. The molecule has 0 bridgehead atoms. The van der Waals surface area contributed by atoms with E-state index < -0.39 is 0 Å². The molecule has 0 fully saturated rings. The van der Waals surface area contributed by atoms with Gasteiger partial charge in [-0.25, -0.2) is 4.79 Å². The summed E-state index contributed by atoms with van der Waals surface area (Å²) in [5, 5.41) is 3.30. The van der Waals surface area contributed by atoms with E-state index in [1.165, 1.54) is 154 Å². The molecule has 234 valence electrons. The second-order valence-corrected chi connectivity index (χ2v) is 12.6. The van der Waals surface area contributed by atoms with Crippen LogP contribution in [0.4, 0.5) is 5.69 Å². The summed E-state index contributed by atoms with van der Waals surface area (Å²) >= 11 is 0. The fourth-order valence-corrected chi connectivity index (χ4v) is 6.02. The van der Waals surface area contributed by atoms with Crippen molar-refractivity contribution in [2.75, 3.05) is 18.5 Å². The molecule has 1 aromatic carbocycles. The van der Waals surface area contributed by atoms with Crippen LogP contribution in [-0.4, -0.2) is 19.1 Å². The molecule has 0 aromatic heterocycles. The molecular weight excluding hydrogens is 502 g/mol. The van der Waals surface area contributed by atoms with E-state index in [0.29, 0.717) is 13.2 Å². The summed E-state index contributed by atoms with van der Waals surface area (Å²) in [6, 6.07) is 8.06. The lowest BCUT2D eigenvalue weighted by Gasteiger charge is -2.17. The maximum absolute atomic E-state index is 12.3. The van der Waals surface area contributed by atoms with Crippen LogP contribution in [0, 0.1) is 0 Å². The van der Waals surface area contributed by atoms with E-state index in [2.05, 4.69) is 12.2 Å². The number of nitrogens with one attached hydrogen (secondary N) is 1. The van der Waals surface area contributed by atoms with Crippen molar-refractivity contribution in [3.63, 3.8) is 0 Å². The third-order valence-corrected chi connectivity index (χ3v) is 8.75. The molecule has 1 N–H and O–H groups in total. The van der Waals surface area contributed by atoms with Crippen LogP contribution < -0.4 is 5.32 Å². The molecule has 0 amide bonds. The van der Waals surface area contributed by atoms with Crippen molar-refractivity contribution >= 4 is 17.7 Å². The number of rotatable bonds is 28. The molecule has 3 heteroatoms. The van der Waals surface area contributed by atoms with Gasteiger partial charge >= 0.3 is 5.97 Å². The van der Waals surface area contributed by atoms with E-state index in [0.717, 1.165) is 29.7 Å². The van der Waals surface area contributed by atoms with E-state index in [1.807, 2.05) is 30.3 Å². The number of para-hydroxylation sites is 1. The van der Waals surface area contributed by atoms with Crippen molar-refractivity contribution in [3.05, 3.63) is 35.4 Å². The maximum Gasteiger partial charge on any atom is 0.335 e. The normalized spacial score (nSPS) is 12.6. The zero-order valence-corrected chi connectivity index (χ0v) is 27.0. The van der Waals surface area contributed by atoms with E-state index >= 15 is 0 Å². The average Bonchev–Trinajstić information content (AvgIpc) is 3.00. The number of benzene rings is 1. The molecule has 1 heterocycles. The Kier molecular flexibility index (Phi) is 22.4. The highest BCUT2D eigenvalue weighted by Crippen LogP contribution is 2.23. The highest BCUT2D eigenvalue weighted by Gasteiger charge is 2.16. The minimum atomic E-state index is -0.174. The van der Waals surface area contributed by atoms with Crippen LogP contribution in [-0.2, 0) is 9.53 Å². The second kappa shape index (κ2) is 25.9. The van der Waals surface area contributed by atoms with Gasteiger partial charge in [-0.1, -0.05) is 186 Å². The number of hydrogen-bond acceptors (Lipinski definition) is 3. The number of carbonyl (C=O) groups is 1. The molecule has 3 nitrogen and oxygen atoms in total. The van der Waals surface area contributed by atoms with Crippen LogP contribution in [0.5, 0.6) is 0 Å².